The highest BCUT2D eigenvalue weighted by molar-refractivity contribution is 7.90. The number of ether oxygens (including phenoxy) is 1. The molecule has 172 valence electrons. The zero-order valence-corrected chi connectivity index (χ0v) is 19.4. The van der Waals surface area contributed by atoms with E-state index in [1.54, 1.807) is 61.7 Å². The maximum Gasteiger partial charge on any atom is 0.251 e. The van der Waals surface area contributed by atoms with E-state index in [-0.39, 0.29) is 22.6 Å². The van der Waals surface area contributed by atoms with Gasteiger partial charge in [-0.05, 0) is 66.9 Å². The van der Waals surface area contributed by atoms with Gasteiger partial charge in [0, 0.05) is 30.4 Å². The number of hydrogen-bond donors (Lipinski definition) is 1. The molecule has 33 heavy (non-hydrogen) atoms. The number of carbonyl (C=O) groups excluding carboxylic acids is 1. The Morgan fingerprint density at radius 2 is 1.67 bits per heavy atom. The van der Waals surface area contributed by atoms with Crippen LogP contribution in [-0.2, 0) is 15.6 Å². The molecule has 4 rings (SSSR count). The Labute approximate surface area is 195 Å². The number of sulfone groups is 1. The first kappa shape index (κ1) is 22.9. The van der Waals surface area contributed by atoms with E-state index in [9.17, 15) is 13.2 Å². The first-order valence-corrected chi connectivity index (χ1v) is 12.7. The second-order valence-electron chi connectivity index (χ2n) is 8.21. The molecule has 1 heterocycles. The molecule has 1 N–H and O–H groups in total. The Morgan fingerprint density at radius 1 is 0.970 bits per heavy atom. The quantitative estimate of drug-likeness (QED) is 0.571. The standard InChI is InChI=1S/C26H28N2O4S/c1-32-24-12-10-23(11-13-24)28-16-14-22(15-17-28)27-26(29)21-7-5-6-20(18-21)19-33(30,31)25-8-3-2-4-9-25/h2-13,18,22H,14-17,19H2,1H3,(H,27,29). The largest absolute Gasteiger partial charge is 0.497 e. The third kappa shape index (κ3) is 5.73. The Balaban J connectivity index is 1.34. The molecular weight excluding hydrogens is 436 g/mol. The highest BCUT2D eigenvalue weighted by Crippen LogP contribution is 2.23. The summed E-state index contributed by atoms with van der Waals surface area (Å²) in [5.74, 6) is 0.523. The smallest absolute Gasteiger partial charge is 0.251 e. The average Bonchev–Trinajstić information content (AvgIpc) is 2.85. The topological polar surface area (TPSA) is 75.7 Å². The van der Waals surface area contributed by atoms with E-state index < -0.39 is 9.84 Å². The Kier molecular flexibility index (Phi) is 6.99. The monoisotopic (exact) mass is 464 g/mol. The molecule has 7 heteroatoms. The summed E-state index contributed by atoms with van der Waals surface area (Å²) in [5.41, 5.74) is 2.22. The van der Waals surface area contributed by atoms with Crippen molar-refractivity contribution >= 4 is 21.4 Å². The van der Waals surface area contributed by atoms with Gasteiger partial charge in [-0.15, -0.1) is 0 Å². The number of anilines is 1. The van der Waals surface area contributed by atoms with Crippen LogP contribution in [-0.4, -0.2) is 40.6 Å². The molecule has 0 unspecified atom stereocenters. The SMILES string of the molecule is COc1ccc(N2CCC(NC(=O)c3cccc(CS(=O)(=O)c4ccccc4)c3)CC2)cc1. The van der Waals surface area contributed by atoms with Crippen LogP contribution in [0.5, 0.6) is 5.75 Å². The molecule has 1 aliphatic heterocycles. The van der Waals surface area contributed by atoms with Crippen LogP contribution in [0.15, 0.2) is 83.8 Å². The molecule has 3 aromatic rings. The average molecular weight is 465 g/mol. The van der Waals surface area contributed by atoms with Crippen molar-refractivity contribution in [3.63, 3.8) is 0 Å². The van der Waals surface area contributed by atoms with Crippen molar-refractivity contribution in [1.82, 2.24) is 5.32 Å². The Hall–Kier alpha value is -3.32. The van der Waals surface area contributed by atoms with Gasteiger partial charge in [0.1, 0.15) is 5.75 Å². The molecule has 1 aliphatic rings. The first-order chi connectivity index (χ1) is 15.9. The lowest BCUT2D eigenvalue weighted by molar-refractivity contribution is 0.0931. The lowest BCUT2D eigenvalue weighted by Gasteiger charge is -2.34. The van der Waals surface area contributed by atoms with Crippen molar-refractivity contribution in [3.8, 4) is 5.75 Å². The number of rotatable bonds is 7. The second-order valence-corrected chi connectivity index (χ2v) is 10.2. The van der Waals surface area contributed by atoms with E-state index in [0.717, 1.165) is 37.4 Å². The van der Waals surface area contributed by atoms with Gasteiger partial charge in [0.15, 0.2) is 9.84 Å². The summed E-state index contributed by atoms with van der Waals surface area (Å²) in [6, 6.07) is 23.3. The van der Waals surface area contributed by atoms with Crippen LogP contribution in [0.4, 0.5) is 5.69 Å². The van der Waals surface area contributed by atoms with Gasteiger partial charge < -0.3 is 15.0 Å². The zero-order chi connectivity index (χ0) is 23.3. The van der Waals surface area contributed by atoms with Crippen molar-refractivity contribution in [2.24, 2.45) is 0 Å². The van der Waals surface area contributed by atoms with E-state index in [4.69, 9.17) is 4.74 Å². The number of nitrogens with zero attached hydrogens (tertiary/aromatic N) is 1. The van der Waals surface area contributed by atoms with Gasteiger partial charge in [-0.2, -0.15) is 0 Å². The normalized spacial score (nSPS) is 14.6. The minimum atomic E-state index is -3.47. The van der Waals surface area contributed by atoms with Gasteiger partial charge in [-0.1, -0.05) is 30.3 Å². The molecule has 1 amide bonds. The van der Waals surface area contributed by atoms with Crippen LogP contribution in [0.3, 0.4) is 0 Å². The maximum atomic E-state index is 12.8. The second kappa shape index (κ2) is 10.1. The number of nitrogens with one attached hydrogen (secondary N) is 1. The number of carbonyl (C=O) groups is 1. The summed E-state index contributed by atoms with van der Waals surface area (Å²) in [6.45, 7) is 1.71. The lowest BCUT2D eigenvalue weighted by Crippen LogP contribution is -2.44. The predicted octanol–water partition coefficient (Wildman–Crippen LogP) is 4.07. The fraction of sp³-hybridized carbons (Fsp3) is 0.269. The molecule has 3 aromatic carbocycles. The van der Waals surface area contributed by atoms with Gasteiger partial charge in [-0.25, -0.2) is 8.42 Å². The Bertz CT molecular complexity index is 1190. The molecule has 0 saturated carbocycles. The molecule has 1 saturated heterocycles. The third-order valence-electron chi connectivity index (χ3n) is 5.92. The van der Waals surface area contributed by atoms with E-state index in [1.165, 1.54) is 0 Å². The molecule has 0 aliphatic carbocycles. The highest BCUT2D eigenvalue weighted by atomic mass is 32.2. The van der Waals surface area contributed by atoms with Crippen molar-refractivity contribution in [2.45, 2.75) is 29.5 Å². The molecule has 0 bridgehead atoms. The third-order valence-corrected chi connectivity index (χ3v) is 7.62. The van der Waals surface area contributed by atoms with Gasteiger partial charge in [0.25, 0.3) is 5.91 Å². The van der Waals surface area contributed by atoms with E-state index in [0.29, 0.717) is 11.1 Å². The van der Waals surface area contributed by atoms with Crippen molar-refractivity contribution in [3.05, 3.63) is 90.0 Å². The van der Waals surface area contributed by atoms with Gasteiger partial charge in [-0.3, -0.25) is 4.79 Å². The molecule has 0 radical (unpaired) electrons. The highest BCUT2D eigenvalue weighted by Gasteiger charge is 2.22. The zero-order valence-electron chi connectivity index (χ0n) is 18.6. The van der Waals surface area contributed by atoms with Gasteiger partial charge in [0.05, 0.1) is 17.8 Å². The fourth-order valence-electron chi connectivity index (χ4n) is 4.08. The predicted molar refractivity (Wildman–Crippen MR) is 129 cm³/mol. The summed E-state index contributed by atoms with van der Waals surface area (Å²) < 4.78 is 30.6. The number of methoxy groups -OCH3 is 1. The van der Waals surface area contributed by atoms with Crippen LogP contribution in [0, 0.1) is 0 Å². The van der Waals surface area contributed by atoms with Crippen molar-refractivity contribution < 1.29 is 17.9 Å². The van der Waals surface area contributed by atoms with Gasteiger partial charge >= 0.3 is 0 Å². The number of amides is 1. The van der Waals surface area contributed by atoms with Crippen molar-refractivity contribution in [2.75, 3.05) is 25.1 Å². The summed E-state index contributed by atoms with van der Waals surface area (Å²) >= 11 is 0. The minimum Gasteiger partial charge on any atom is -0.497 e. The van der Waals surface area contributed by atoms with Crippen LogP contribution in [0.1, 0.15) is 28.8 Å². The summed E-state index contributed by atoms with van der Waals surface area (Å²) in [5, 5.41) is 3.11. The molecule has 0 atom stereocenters. The summed E-state index contributed by atoms with van der Waals surface area (Å²) in [6.07, 6.45) is 1.69. The van der Waals surface area contributed by atoms with Crippen LogP contribution in [0.2, 0.25) is 0 Å². The molecule has 1 fully saturated rings. The van der Waals surface area contributed by atoms with Crippen LogP contribution >= 0.6 is 0 Å². The van der Waals surface area contributed by atoms with Gasteiger partial charge in [0.2, 0.25) is 0 Å². The first-order valence-electron chi connectivity index (χ1n) is 11.0. The fourth-order valence-corrected chi connectivity index (χ4v) is 5.43. The lowest BCUT2D eigenvalue weighted by atomic mass is 10.0. The van der Waals surface area contributed by atoms with Crippen LogP contribution < -0.4 is 15.0 Å². The van der Waals surface area contributed by atoms with E-state index >= 15 is 0 Å². The molecule has 6 nitrogen and oxygen atoms in total. The Morgan fingerprint density at radius 3 is 2.33 bits per heavy atom. The number of hydrogen-bond acceptors (Lipinski definition) is 5. The van der Waals surface area contributed by atoms with E-state index in [1.807, 2.05) is 24.3 Å². The minimum absolute atomic E-state index is 0.0868. The number of benzene rings is 3. The molecule has 0 spiro atoms. The summed E-state index contributed by atoms with van der Waals surface area (Å²) in [7, 11) is -1.81. The van der Waals surface area contributed by atoms with E-state index in [2.05, 4.69) is 10.2 Å². The summed E-state index contributed by atoms with van der Waals surface area (Å²) in [4.78, 5) is 15.4. The van der Waals surface area contributed by atoms with Crippen LogP contribution in [0.25, 0.3) is 0 Å². The van der Waals surface area contributed by atoms with Crippen molar-refractivity contribution in [1.29, 1.82) is 0 Å². The molecule has 0 aromatic heterocycles. The number of piperidine rings is 1. The maximum absolute atomic E-state index is 12.8. The molecular formula is C26H28N2O4S.